The van der Waals surface area contributed by atoms with Crippen LogP contribution in [0.3, 0.4) is 0 Å². The number of thioether (sulfide) groups is 1. The van der Waals surface area contributed by atoms with E-state index in [0.717, 1.165) is 89.1 Å². The number of ether oxygens (including phenoxy) is 1. The number of aryl methyl sites for hydroxylation is 1. The van der Waals surface area contributed by atoms with E-state index in [1.165, 1.54) is 0 Å². The number of pyridine rings is 1. The third-order valence-corrected chi connectivity index (χ3v) is 8.38. The molecule has 0 spiro atoms. The Morgan fingerprint density at radius 1 is 1.25 bits per heavy atom. The lowest BCUT2D eigenvalue weighted by atomic mass is 10.2. The molecular weight excluding hydrogens is 494 g/mol. The molecule has 2 amide bonds. The van der Waals surface area contributed by atoms with E-state index in [-0.39, 0.29) is 6.04 Å². The molecule has 0 unspecified atom stereocenters. The molecule has 36 heavy (non-hydrogen) atoms. The molecule has 11 heteroatoms. The van der Waals surface area contributed by atoms with Crippen molar-refractivity contribution in [3.63, 3.8) is 0 Å². The van der Waals surface area contributed by atoms with Crippen LogP contribution in [0.5, 0.6) is 0 Å². The van der Waals surface area contributed by atoms with Gasteiger partial charge in [-0.2, -0.15) is 0 Å². The molecule has 1 aromatic carbocycles. The average molecular weight is 526 g/mol. The summed E-state index contributed by atoms with van der Waals surface area (Å²) < 4.78 is 6.51. The minimum absolute atomic E-state index is 0.221. The van der Waals surface area contributed by atoms with Crippen molar-refractivity contribution in [2.24, 2.45) is 5.73 Å². The van der Waals surface area contributed by atoms with Gasteiger partial charge in [0.05, 0.1) is 18.9 Å². The number of hydrogen-bond acceptors (Lipinski definition) is 9. The number of nitrogens with one attached hydrogen (secondary N) is 1. The number of amides is 2. The second-order valence-electron chi connectivity index (χ2n) is 8.87. The Morgan fingerprint density at radius 3 is 2.81 bits per heavy atom. The summed E-state index contributed by atoms with van der Waals surface area (Å²) in [6.07, 6.45) is 2.90. The van der Waals surface area contributed by atoms with Gasteiger partial charge in [0.15, 0.2) is 4.34 Å². The van der Waals surface area contributed by atoms with Crippen LogP contribution in [0, 0.1) is 0 Å². The summed E-state index contributed by atoms with van der Waals surface area (Å²) in [5.74, 6) is 1.54. The van der Waals surface area contributed by atoms with E-state index in [1.54, 1.807) is 28.0 Å². The molecule has 2 aromatic heterocycles. The topological polar surface area (TPSA) is 110 Å². The van der Waals surface area contributed by atoms with Crippen molar-refractivity contribution < 1.29 is 9.53 Å². The molecular formula is C25H31N7O2S2. The summed E-state index contributed by atoms with van der Waals surface area (Å²) in [6.45, 7) is 5.85. The molecule has 0 atom stereocenters. The number of nitrogens with two attached hydrogens (primary N) is 1. The zero-order chi connectivity index (χ0) is 24.9. The lowest BCUT2D eigenvalue weighted by molar-refractivity contribution is 0.122. The molecule has 5 rings (SSSR count). The van der Waals surface area contributed by atoms with Crippen molar-refractivity contribution in [2.45, 2.75) is 48.9 Å². The molecule has 9 nitrogen and oxygen atoms in total. The molecule has 0 radical (unpaired) electrons. The Morgan fingerprint density at radius 2 is 2.08 bits per heavy atom. The van der Waals surface area contributed by atoms with E-state index < -0.39 is 6.03 Å². The van der Waals surface area contributed by atoms with Crippen LogP contribution in [-0.2, 0) is 23.5 Å². The zero-order valence-electron chi connectivity index (χ0n) is 20.4. The van der Waals surface area contributed by atoms with Crippen LogP contribution in [0.1, 0.15) is 36.0 Å². The number of benzene rings is 1. The fourth-order valence-electron chi connectivity index (χ4n) is 4.18. The summed E-state index contributed by atoms with van der Waals surface area (Å²) in [5, 5.41) is 13.1. The summed E-state index contributed by atoms with van der Waals surface area (Å²) in [7, 11) is 0. The molecule has 1 aliphatic carbocycles. The molecule has 3 heterocycles. The molecule has 2 aliphatic rings. The van der Waals surface area contributed by atoms with E-state index in [4.69, 9.17) is 15.5 Å². The number of aromatic nitrogens is 3. The second-order valence-corrected chi connectivity index (χ2v) is 11.2. The number of primary amides is 1. The predicted molar refractivity (Wildman–Crippen MR) is 145 cm³/mol. The maximum absolute atomic E-state index is 12.0. The van der Waals surface area contributed by atoms with E-state index in [2.05, 4.69) is 39.5 Å². The fraction of sp³-hybridized carbons (Fsp3) is 0.440. The van der Waals surface area contributed by atoms with Crippen LogP contribution in [-0.4, -0.2) is 53.6 Å². The number of nitrogens with zero attached hydrogens (tertiary/aromatic N) is 5. The van der Waals surface area contributed by atoms with Crippen LogP contribution in [0.4, 0.5) is 22.0 Å². The van der Waals surface area contributed by atoms with Gasteiger partial charge in [-0.05, 0) is 43.0 Å². The van der Waals surface area contributed by atoms with Gasteiger partial charge in [-0.1, -0.05) is 42.2 Å². The van der Waals surface area contributed by atoms with Crippen molar-refractivity contribution >= 4 is 46.3 Å². The smallest absolute Gasteiger partial charge is 0.319 e. The largest absolute Gasteiger partial charge is 0.378 e. The average Bonchev–Trinajstić information content (AvgIpc) is 3.62. The number of rotatable bonds is 10. The Hall–Kier alpha value is -2.89. The van der Waals surface area contributed by atoms with Gasteiger partial charge in [0.25, 0.3) is 0 Å². The van der Waals surface area contributed by atoms with Crippen molar-refractivity contribution in [3.05, 3.63) is 52.7 Å². The normalized spacial score (nSPS) is 15.6. The van der Waals surface area contributed by atoms with E-state index >= 15 is 0 Å². The van der Waals surface area contributed by atoms with Gasteiger partial charge in [0.1, 0.15) is 10.8 Å². The minimum atomic E-state index is -0.397. The molecule has 1 saturated carbocycles. The first-order valence-electron chi connectivity index (χ1n) is 12.3. The highest BCUT2D eigenvalue weighted by Crippen LogP contribution is 2.32. The van der Waals surface area contributed by atoms with Gasteiger partial charge < -0.3 is 20.7 Å². The van der Waals surface area contributed by atoms with Gasteiger partial charge in [0, 0.05) is 48.9 Å². The van der Waals surface area contributed by atoms with E-state index in [9.17, 15) is 4.79 Å². The van der Waals surface area contributed by atoms with Gasteiger partial charge in [-0.25, -0.2) is 9.78 Å². The SMILES string of the molecule is CCc1nnc(SCc2cc(N3CCOCC3)cc(NCc3cccc(N(C(N)=O)C4CC4)c3)n2)s1. The van der Waals surface area contributed by atoms with Crippen LogP contribution >= 0.6 is 23.1 Å². The highest BCUT2D eigenvalue weighted by atomic mass is 32.2. The number of morpholine rings is 1. The van der Waals surface area contributed by atoms with Gasteiger partial charge in [-0.3, -0.25) is 4.90 Å². The maximum Gasteiger partial charge on any atom is 0.319 e. The first-order chi connectivity index (χ1) is 17.6. The Kier molecular flexibility index (Phi) is 7.88. The summed E-state index contributed by atoms with van der Waals surface area (Å²) in [4.78, 5) is 20.9. The van der Waals surface area contributed by atoms with Crippen molar-refractivity contribution in [2.75, 3.05) is 41.4 Å². The van der Waals surface area contributed by atoms with Crippen LogP contribution in [0.25, 0.3) is 0 Å². The van der Waals surface area contributed by atoms with Crippen LogP contribution in [0.2, 0.25) is 0 Å². The fourth-order valence-corrected chi connectivity index (χ4v) is 5.90. The number of carbonyl (C=O) groups is 1. The third-order valence-electron chi connectivity index (χ3n) is 6.15. The number of urea groups is 1. The minimum Gasteiger partial charge on any atom is -0.378 e. The molecule has 1 saturated heterocycles. The Labute approximate surface area is 219 Å². The Balaban J connectivity index is 1.31. The highest BCUT2D eigenvalue weighted by Gasteiger charge is 2.32. The number of carbonyl (C=O) groups excluding carboxylic acids is 1. The molecule has 1 aliphatic heterocycles. The van der Waals surface area contributed by atoms with Crippen molar-refractivity contribution in [3.8, 4) is 0 Å². The monoisotopic (exact) mass is 525 g/mol. The second kappa shape index (κ2) is 11.4. The van der Waals surface area contributed by atoms with Crippen molar-refractivity contribution in [1.82, 2.24) is 15.2 Å². The van der Waals surface area contributed by atoms with E-state index in [0.29, 0.717) is 6.54 Å². The summed E-state index contributed by atoms with van der Waals surface area (Å²) >= 11 is 3.31. The van der Waals surface area contributed by atoms with Crippen LogP contribution < -0.4 is 20.9 Å². The van der Waals surface area contributed by atoms with Crippen molar-refractivity contribution in [1.29, 1.82) is 0 Å². The quantitative estimate of drug-likeness (QED) is 0.378. The Bertz CT molecular complexity index is 1190. The van der Waals surface area contributed by atoms with Gasteiger partial charge in [0.2, 0.25) is 0 Å². The van der Waals surface area contributed by atoms with Crippen LogP contribution in [0.15, 0.2) is 40.7 Å². The van der Waals surface area contributed by atoms with E-state index in [1.807, 2.05) is 24.3 Å². The summed E-state index contributed by atoms with van der Waals surface area (Å²) in [5.41, 5.74) is 9.69. The molecule has 2 fully saturated rings. The molecule has 190 valence electrons. The standard InChI is InChI=1S/C25H31N7O2S2/c1-2-23-29-30-25(36-23)35-16-18-13-21(31-8-10-34-11-9-31)14-22(28-18)27-15-17-4-3-5-20(12-17)32(24(26)33)19-6-7-19/h3-5,12-14,19H,2,6-11,15-16H2,1H3,(H2,26,33)(H,27,28). The molecule has 3 aromatic rings. The number of hydrogen-bond donors (Lipinski definition) is 2. The molecule has 0 bridgehead atoms. The number of anilines is 3. The molecule has 3 N–H and O–H groups in total. The third kappa shape index (κ3) is 6.26. The first kappa shape index (κ1) is 24.8. The maximum atomic E-state index is 12.0. The summed E-state index contributed by atoms with van der Waals surface area (Å²) in [6, 6.07) is 12.1. The van der Waals surface area contributed by atoms with Gasteiger partial charge in [-0.15, -0.1) is 10.2 Å². The first-order valence-corrected chi connectivity index (χ1v) is 14.1. The highest BCUT2D eigenvalue weighted by molar-refractivity contribution is 8.00. The lowest BCUT2D eigenvalue weighted by Crippen LogP contribution is -2.37. The predicted octanol–water partition coefficient (Wildman–Crippen LogP) is 4.28. The lowest BCUT2D eigenvalue weighted by Gasteiger charge is -2.29. The zero-order valence-corrected chi connectivity index (χ0v) is 22.0. The van der Waals surface area contributed by atoms with Gasteiger partial charge >= 0.3 is 6.03 Å².